The van der Waals surface area contributed by atoms with Crippen LogP contribution in [-0.4, -0.2) is 60.6 Å². The Labute approximate surface area is 123 Å². The number of amides is 2. The van der Waals surface area contributed by atoms with E-state index in [0.717, 1.165) is 12.8 Å². The summed E-state index contributed by atoms with van der Waals surface area (Å²) in [5, 5.41) is 12.0. The van der Waals surface area contributed by atoms with E-state index in [1.807, 2.05) is 0 Å². The van der Waals surface area contributed by atoms with Crippen molar-refractivity contribution in [2.75, 3.05) is 18.1 Å². The Morgan fingerprint density at radius 1 is 1.24 bits per heavy atom. The normalized spacial score (nSPS) is 36.9. The van der Waals surface area contributed by atoms with Crippen LogP contribution >= 0.6 is 0 Å². The SMILES string of the molecule is O=C(O)C1CC2CCC1N2C(=O)NCC1CCS(=O)(=O)C1. The summed E-state index contributed by atoms with van der Waals surface area (Å²) in [5.74, 6) is -0.973. The fraction of sp³-hybridized carbons (Fsp3) is 0.846. The number of nitrogens with one attached hydrogen (secondary N) is 1. The second kappa shape index (κ2) is 5.15. The Hall–Kier alpha value is -1.31. The van der Waals surface area contributed by atoms with Crippen LogP contribution in [0.1, 0.15) is 25.7 Å². The minimum atomic E-state index is -2.93. The highest BCUT2D eigenvalue weighted by Crippen LogP contribution is 2.41. The van der Waals surface area contributed by atoms with E-state index in [-0.39, 0.29) is 35.5 Å². The third-order valence-corrected chi connectivity index (χ3v) is 6.79. The topological polar surface area (TPSA) is 104 Å². The fourth-order valence-corrected chi connectivity index (χ4v) is 5.79. The molecule has 0 saturated carbocycles. The first-order valence-electron chi connectivity index (χ1n) is 7.37. The Balaban J connectivity index is 1.56. The summed E-state index contributed by atoms with van der Waals surface area (Å²) < 4.78 is 22.8. The molecule has 0 aliphatic carbocycles. The smallest absolute Gasteiger partial charge is 0.317 e. The van der Waals surface area contributed by atoms with E-state index in [1.165, 1.54) is 0 Å². The second-order valence-corrected chi connectivity index (χ2v) is 8.57. The first kappa shape index (κ1) is 14.6. The number of hydrogen-bond donors (Lipinski definition) is 2. The van der Waals surface area contributed by atoms with Gasteiger partial charge >= 0.3 is 12.0 Å². The molecule has 4 atom stereocenters. The molecule has 4 unspecified atom stereocenters. The van der Waals surface area contributed by atoms with E-state index in [2.05, 4.69) is 5.32 Å². The molecule has 0 spiro atoms. The van der Waals surface area contributed by atoms with Gasteiger partial charge in [0.1, 0.15) is 0 Å². The molecule has 8 heteroatoms. The largest absolute Gasteiger partial charge is 0.481 e. The zero-order valence-electron chi connectivity index (χ0n) is 11.7. The predicted octanol–water partition coefficient (Wildman–Crippen LogP) is 0.0682. The molecule has 3 aliphatic rings. The fourth-order valence-electron chi connectivity index (χ4n) is 3.93. The van der Waals surface area contributed by atoms with Crippen LogP contribution in [0.25, 0.3) is 0 Å². The predicted molar refractivity (Wildman–Crippen MR) is 74.6 cm³/mol. The zero-order valence-corrected chi connectivity index (χ0v) is 12.5. The van der Waals surface area contributed by atoms with Crippen molar-refractivity contribution in [1.82, 2.24) is 10.2 Å². The number of fused-ring (bicyclic) bond motifs is 2. The summed E-state index contributed by atoms with van der Waals surface area (Å²) >= 11 is 0. The first-order chi connectivity index (χ1) is 9.87. The van der Waals surface area contributed by atoms with Gasteiger partial charge in [-0.1, -0.05) is 0 Å². The quantitative estimate of drug-likeness (QED) is 0.767. The molecule has 0 aromatic heterocycles. The van der Waals surface area contributed by atoms with Gasteiger partial charge in [-0.2, -0.15) is 0 Å². The van der Waals surface area contributed by atoms with Crippen molar-refractivity contribution >= 4 is 21.8 Å². The number of sulfone groups is 1. The monoisotopic (exact) mass is 316 g/mol. The zero-order chi connectivity index (χ0) is 15.2. The van der Waals surface area contributed by atoms with Gasteiger partial charge in [0.25, 0.3) is 0 Å². The van der Waals surface area contributed by atoms with Gasteiger partial charge in [-0.3, -0.25) is 4.79 Å². The number of carbonyl (C=O) groups is 2. The maximum atomic E-state index is 12.3. The minimum absolute atomic E-state index is 0.0170. The molecule has 3 rings (SSSR count). The first-order valence-corrected chi connectivity index (χ1v) is 9.19. The van der Waals surface area contributed by atoms with Crippen LogP contribution in [0.2, 0.25) is 0 Å². The van der Waals surface area contributed by atoms with E-state index in [4.69, 9.17) is 5.11 Å². The molecule has 21 heavy (non-hydrogen) atoms. The Morgan fingerprint density at radius 3 is 2.57 bits per heavy atom. The van der Waals surface area contributed by atoms with Gasteiger partial charge in [-0.25, -0.2) is 13.2 Å². The molecule has 0 aromatic carbocycles. The number of carboxylic acids is 1. The highest BCUT2D eigenvalue weighted by atomic mass is 32.2. The Bertz CT molecular complexity index is 561. The van der Waals surface area contributed by atoms with Crippen molar-refractivity contribution in [3.63, 3.8) is 0 Å². The van der Waals surface area contributed by atoms with Crippen molar-refractivity contribution < 1.29 is 23.1 Å². The minimum Gasteiger partial charge on any atom is -0.481 e. The maximum absolute atomic E-state index is 12.3. The average Bonchev–Trinajstić information content (AvgIpc) is 3.08. The highest BCUT2D eigenvalue weighted by Gasteiger charge is 2.51. The number of urea groups is 1. The Morgan fingerprint density at radius 2 is 2.00 bits per heavy atom. The average molecular weight is 316 g/mol. The summed E-state index contributed by atoms with van der Waals surface area (Å²) in [4.78, 5) is 25.1. The molecular weight excluding hydrogens is 296 g/mol. The summed E-state index contributed by atoms with van der Waals surface area (Å²) in [5.41, 5.74) is 0. The van der Waals surface area contributed by atoms with Crippen LogP contribution in [0.3, 0.4) is 0 Å². The van der Waals surface area contributed by atoms with Gasteiger partial charge < -0.3 is 15.3 Å². The van der Waals surface area contributed by atoms with Crippen LogP contribution < -0.4 is 5.32 Å². The van der Waals surface area contributed by atoms with Crippen molar-refractivity contribution in [2.45, 2.75) is 37.8 Å². The van der Waals surface area contributed by atoms with Crippen molar-refractivity contribution in [1.29, 1.82) is 0 Å². The standard InChI is InChI=1S/C13H20N2O5S/c16-12(17)10-5-9-1-2-11(10)15(9)13(18)14-6-8-3-4-21(19,20)7-8/h8-11H,1-7H2,(H,14,18)(H,16,17). The van der Waals surface area contributed by atoms with Crippen LogP contribution in [0.5, 0.6) is 0 Å². The van der Waals surface area contributed by atoms with Crippen LogP contribution in [0.15, 0.2) is 0 Å². The number of rotatable bonds is 3. The van der Waals surface area contributed by atoms with E-state index < -0.39 is 21.7 Å². The second-order valence-electron chi connectivity index (χ2n) is 6.34. The molecule has 0 aromatic rings. The number of carboxylic acid groups (broad SMARTS) is 1. The van der Waals surface area contributed by atoms with Crippen molar-refractivity contribution in [3.05, 3.63) is 0 Å². The number of hydrogen-bond acceptors (Lipinski definition) is 4. The lowest BCUT2D eigenvalue weighted by Gasteiger charge is -2.24. The molecule has 0 radical (unpaired) electrons. The summed E-state index contributed by atoms with van der Waals surface area (Å²) in [7, 11) is -2.93. The van der Waals surface area contributed by atoms with Gasteiger partial charge in [0, 0.05) is 18.6 Å². The van der Waals surface area contributed by atoms with Gasteiger partial charge in [0.2, 0.25) is 0 Å². The molecule has 2 bridgehead atoms. The molecule has 3 saturated heterocycles. The van der Waals surface area contributed by atoms with Crippen molar-refractivity contribution in [2.24, 2.45) is 11.8 Å². The number of nitrogens with zero attached hydrogens (tertiary/aromatic N) is 1. The summed E-state index contributed by atoms with van der Waals surface area (Å²) in [6, 6.07) is -0.432. The molecule has 2 amide bonds. The lowest BCUT2D eigenvalue weighted by molar-refractivity contribution is -0.142. The summed E-state index contributed by atoms with van der Waals surface area (Å²) in [6.45, 7) is 0.353. The molecule has 7 nitrogen and oxygen atoms in total. The molecule has 3 fully saturated rings. The number of carbonyl (C=O) groups excluding carboxylic acids is 1. The summed E-state index contributed by atoms with van der Waals surface area (Å²) in [6.07, 6.45) is 2.73. The molecule has 3 heterocycles. The third-order valence-electron chi connectivity index (χ3n) is 4.96. The highest BCUT2D eigenvalue weighted by molar-refractivity contribution is 7.91. The van der Waals surface area contributed by atoms with E-state index in [1.54, 1.807) is 4.90 Å². The number of aliphatic carboxylic acids is 1. The van der Waals surface area contributed by atoms with Crippen LogP contribution in [-0.2, 0) is 14.6 Å². The van der Waals surface area contributed by atoms with E-state index in [9.17, 15) is 18.0 Å². The molecule has 2 N–H and O–H groups in total. The van der Waals surface area contributed by atoms with E-state index in [0.29, 0.717) is 19.4 Å². The van der Waals surface area contributed by atoms with Gasteiger partial charge in [0.05, 0.1) is 17.4 Å². The lowest BCUT2D eigenvalue weighted by Crippen LogP contribution is -2.45. The van der Waals surface area contributed by atoms with Gasteiger partial charge in [-0.05, 0) is 31.6 Å². The molecule has 118 valence electrons. The van der Waals surface area contributed by atoms with Gasteiger partial charge in [-0.15, -0.1) is 0 Å². The van der Waals surface area contributed by atoms with Crippen LogP contribution in [0.4, 0.5) is 4.79 Å². The molecular formula is C13H20N2O5S. The Kier molecular flexibility index (Phi) is 3.59. The van der Waals surface area contributed by atoms with Crippen LogP contribution in [0, 0.1) is 11.8 Å². The maximum Gasteiger partial charge on any atom is 0.317 e. The lowest BCUT2D eigenvalue weighted by atomic mass is 9.89. The third kappa shape index (κ3) is 2.73. The van der Waals surface area contributed by atoms with Gasteiger partial charge in [0.15, 0.2) is 9.84 Å². The van der Waals surface area contributed by atoms with E-state index >= 15 is 0 Å². The van der Waals surface area contributed by atoms with Crippen molar-refractivity contribution in [3.8, 4) is 0 Å². The molecule has 3 aliphatic heterocycles.